The molecule has 0 N–H and O–H groups in total. The van der Waals surface area contributed by atoms with E-state index in [1.807, 2.05) is 13.8 Å². The Hall–Kier alpha value is -0.860. The summed E-state index contributed by atoms with van der Waals surface area (Å²) in [6, 6.07) is 0. The molecule has 0 unspecified atom stereocenters. The van der Waals surface area contributed by atoms with Gasteiger partial charge in [-0.1, -0.05) is 13.8 Å². The van der Waals surface area contributed by atoms with E-state index >= 15 is 0 Å². The Morgan fingerprint density at radius 1 is 1.13 bits per heavy atom. The molecule has 0 radical (unpaired) electrons. The van der Waals surface area contributed by atoms with Gasteiger partial charge >= 0.3 is 5.97 Å². The molecular weight excluding hydrogens is 192 g/mol. The zero-order valence-corrected chi connectivity index (χ0v) is 9.79. The van der Waals surface area contributed by atoms with Crippen molar-refractivity contribution in [1.29, 1.82) is 0 Å². The third-order valence-electron chi connectivity index (χ3n) is 3.00. The molecule has 0 aromatic carbocycles. The van der Waals surface area contributed by atoms with Crippen molar-refractivity contribution in [2.45, 2.75) is 52.6 Å². The van der Waals surface area contributed by atoms with Crippen LogP contribution in [0.4, 0.5) is 0 Å². The molecule has 1 fully saturated rings. The molecule has 15 heavy (non-hydrogen) atoms. The molecule has 1 saturated carbocycles. The summed E-state index contributed by atoms with van der Waals surface area (Å²) >= 11 is 0. The fraction of sp³-hybridized carbons (Fsp3) is 0.833. The number of carbonyl (C=O) groups excluding carboxylic acids is 2. The zero-order chi connectivity index (χ0) is 11.4. The first-order valence-corrected chi connectivity index (χ1v) is 5.71. The number of hydrogen-bond acceptors (Lipinski definition) is 3. The normalized spacial score (nSPS) is 26.4. The highest BCUT2D eigenvalue weighted by Gasteiger charge is 2.26. The monoisotopic (exact) mass is 212 g/mol. The first kappa shape index (κ1) is 12.2. The van der Waals surface area contributed by atoms with Crippen LogP contribution >= 0.6 is 0 Å². The van der Waals surface area contributed by atoms with E-state index in [4.69, 9.17) is 4.74 Å². The minimum absolute atomic E-state index is 0.0375. The van der Waals surface area contributed by atoms with Gasteiger partial charge in [0.1, 0.15) is 11.9 Å². The van der Waals surface area contributed by atoms with E-state index in [2.05, 4.69) is 0 Å². The number of ether oxygens (including phenoxy) is 1. The van der Waals surface area contributed by atoms with Crippen LogP contribution in [-0.2, 0) is 14.3 Å². The van der Waals surface area contributed by atoms with Gasteiger partial charge in [-0.15, -0.1) is 0 Å². The van der Waals surface area contributed by atoms with Crippen LogP contribution in [0.15, 0.2) is 0 Å². The van der Waals surface area contributed by atoms with Crippen LogP contribution in [0.5, 0.6) is 0 Å². The van der Waals surface area contributed by atoms with Crippen molar-refractivity contribution in [2.24, 2.45) is 11.8 Å². The van der Waals surface area contributed by atoms with E-state index in [1.54, 1.807) is 6.92 Å². The van der Waals surface area contributed by atoms with Gasteiger partial charge < -0.3 is 4.74 Å². The summed E-state index contributed by atoms with van der Waals surface area (Å²) in [5, 5.41) is 0. The summed E-state index contributed by atoms with van der Waals surface area (Å²) in [5.74, 6) is 0.277. The molecule has 0 aliphatic heterocycles. The van der Waals surface area contributed by atoms with Crippen LogP contribution in [0.3, 0.4) is 0 Å². The molecule has 1 aliphatic rings. The molecule has 0 amide bonds. The summed E-state index contributed by atoms with van der Waals surface area (Å²) in [6.07, 6.45) is 3.44. The molecule has 3 heteroatoms. The second kappa shape index (κ2) is 5.29. The summed E-state index contributed by atoms with van der Waals surface area (Å²) in [6.45, 7) is 5.32. The zero-order valence-electron chi connectivity index (χ0n) is 9.79. The van der Waals surface area contributed by atoms with Crippen molar-refractivity contribution < 1.29 is 14.3 Å². The van der Waals surface area contributed by atoms with Crippen LogP contribution in [-0.4, -0.2) is 17.9 Å². The number of carbonyl (C=O) groups is 2. The summed E-state index contributed by atoms with van der Waals surface area (Å²) in [4.78, 5) is 22.5. The Kier molecular flexibility index (Phi) is 4.30. The molecule has 0 bridgehead atoms. The van der Waals surface area contributed by atoms with Crippen LogP contribution in [0.25, 0.3) is 0 Å². The highest BCUT2D eigenvalue weighted by Crippen LogP contribution is 2.27. The van der Waals surface area contributed by atoms with Gasteiger partial charge in [0.05, 0.1) is 5.92 Å². The lowest BCUT2D eigenvalue weighted by Gasteiger charge is -2.27. The van der Waals surface area contributed by atoms with E-state index in [0.29, 0.717) is 0 Å². The van der Waals surface area contributed by atoms with Gasteiger partial charge in [0.25, 0.3) is 0 Å². The minimum Gasteiger partial charge on any atom is -0.462 e. The van der Waals surface area contributed by atoms with Crippen LogP contribution in [0, 0.1) is 11.8 Å². The van der Waals surface area contributed by atoms with E-state index < -0.39 is 0 Å². The molecule has 1 aliphatic carbocycles. The van der Waals surface area contributed by atoms with E-state index in [-0.39, 0.29) is 29.7 Å². The van der Waals surface area contributed by atoms with Gasteiger partial charge in [0.15, 0.2) is 0 Å². The lowest BCUT2D eigenvalue weighted by atomic mass is 9.85. The van der Waals surface area contributed by atoms with Gasteiger partial charge in [-0.05, 0) is 32.6 Å². The van der Waals surface area contributed by atoms with E-state index in [9.17, 15) is 9.59 Å². The predicted octanol–water partition coefficient (Wildman–Crippen LogP) is 2.33. The van der Waals surface area contributed by atoms with Crippen LogP contribution in [0.2, 0.25) is 0 Å². The standard InChI is InChI=1S/C12H20O3/c1-8(2)12(14)15-11-6-4-10(5-7-11)9(3)13/h8,10-11H,4-7H2,1-3H3/t10-,11+. The summed E-state index contributed by atoms with van der Waals surface area (Å²) in [5.41, 5.74) is 0. The Bertz CT molecular complexity index is 237. The molecule has 3 nitrogen and oxygen atoms in total. The molecular formula is C12H20O3. The average molecular weight is 212 g/mol. The smallest absolute Gasteiger partial charge is 0.308 e. The van der Waals surface area contributed by atoms with Gasteiger partial charge in [-0.2, -0.15) is 0 Å². The van der Waals surface area contributed by atoms with Crippen molar-refractivity contribution in [3.63, 3.8) is 0 Å². The van der Waals surface area contributed by atoms with Gasteiger partial charge in [-0.3, -0.25) is 9.59 Å². The number of Topliss-reactive ketones (excluding diaryl/α,β-unsaturated/α-hetero) is 1. The number of ketones is 1. The van der Waals surface area contributed by atoms with Crippen molar-refractivity contribution in [3.8, 4) is 0 Å². The molecule has 0 atom stereocenters. The molecule has 86 valence electrons. The van der Waals surface area contributed by atoms with Crippen LogP contribution in [0.1, 0.15) is 46.5 Å². The number of esters is 1. The molecule has 0 saturated heterocycles. The fourth-order valence-electron chi connectivity index (χ4n) is 1.89. The van der Waals surface area contributed by atoms with Crippen LogP contribution < -0.4 is 0 Å². The number of hydrogen-bond donors (Lipinski definition) is 0. The second-order valence-electron chi connectivity index (χ2n) is 4.68. The maximum Gasteiger partial charge on any atom is 0.308 e. The number of rotatable bonds is 3. The lowest BCUT2D eigenvalue weighted by Crippen LogP contribution is -2.28. The third kappa shape index (κ3) is 3.65. The van der Waals surface area contributed by atoms with E-state index in [1.165, 1.54) is 0 Å². The minimum atomic E-state index is -0.124. The predicted molar refractivity (Wildman–Crippen MR) is 57.4 cm³/mol. The Labute approximate surface area is 91.2 Å². The third-order valence-corrected chi connectivity index (χ3v) is 3.00. The topological polar surface area (TPSA) is 43.4 Å². The van der Waals surface area contributed by atoms with E-state index in [0.717, 1.165) is 25.7 Å². The fourth-order valence-corrected chi connectivity index (χ4v) is 1.89. The first-order valence-electron chi connectivity index (χ1n) is 5.71. The maximum atomic E-state index is 11.3. The first-order chi connectivity index (χ1) is 7.00. The maximum absolute atomic E-state index is 11.3. The highest BCUT2D eigenvalue weighted by molar-refractivity contribution is 5.78. The van der Waals surface area contributed by atoms with Gasteiger partial charge in [0.2, 0.25) is 0 Å². The molecule has 0 spiro atoms. The second-order valence-corrected chi connectivity index (χ2v) is 4.68. The van der Waals surface area contributed by atoms with Crippen molar-refractivity contribution >= 4 is 11.8 Å². The van der Waals surface area contributed by atoms with Crippen molar-refractivity contribution in [2.75, 3.05) is 0 Å². The molecule has 0 heterocycles. The van der Waals surface area contributed by atoms with Crippen molar-refractivity contribution in [3.05, 3.63) is 0 Å². The molecule has 0 aromatic rings. The lowest BCUT2D eigenvalue weighted by molar-refractivity contribution is -0.154. The summed E-state index contributed by atoms with van der Waals surface area (Å²) in [7, 11) is 0. The average Bonchev–Trinajstić information content (AvgIpc) is 2.18. The van der Waals surface area contributed by atoms with Gasteiger partial charge in [0, 0.05) is 5.92 Å². The van der Waals surface area contributed by atoms with Crippen molar-refractivity contribution in [1.82, 2.24) is 0 Å². The molecule has 1 rings (SSSR count). The molecule has 0 aromatic heterocycles. The van der Waals surface area contributed by atoms with Gasteiger partial charge in [-0.25, -0.2) is 0 Å². The largest absolute Gasteiger partial charge is 0.462 e. The Morgan fingerprint density at radius 2 is 1.67 bits per heavy atom. The summed E-state index contributed by atoms with van der Waals surface area (Å²) < 4.78 is 5.33. The Balaban J connectivity index is 2.32. The Morgan fingerprint density at radius 3 is 2.07 bits per heavy atom. The SMILES string of the molecule is CC(=O)[C@H]1CC[C@@H](OC(=O)C(C)C)CC1. The highest BCUT2D eigenvalue weighted by atomic mass is 16.5. The quantitative estimate of drug-likeness (QED) is 0.674.